The zero-order valence-electron chi connectivity index (χ0n) is 15.9. The highest BCUT2D eigenvalue weighted by Crippen LogP contribution is 2.20. The lowest BCUT2D eigenvalue weighted by Crippen LogP contribution is -2.37. The maximum atomic E-state index is 11.7. The molecule has 1 rings (SSSR count). The van der Waals surface area contributed by atoms with Crippen LogP contribution in [0.3, 0.4) is 0 Å². The summed E-state index contributed by atoms with van der Waals surface area (Å²) in [6.07, 6.45) is 1.46. The summed E-state index contributed by atoms with van der Waals surface area (Å²) in [6.45, 7) is 5.09. The van der Waals surface area contributed by atoms with Gasteiger partial charge in [-0.3, -0.25) is 0 Å². The highest BCUT2D eigenvalue weighted by molar-refractivity contribution is 7.80. The summed E-state index contributed by atoms with van der Waals surface area (Å²) in [5.74, 6) is 0.644. The lowest BCUT2D eigenvalue weighted by molar-refractivity contribution is 0.0498. The Hall–Kier alpha value is -2.36. The van der Waals surface area contributed by atoms with Crippen LogP contribution in [0, 0.1) is 0 Å². The van der Waals surface area contributed by atoms with E-state index in [0.29, 0.717) is 12.2 Å². The number of aromatic nitrogens is 2. The number of rotatable bonds is 5. The summed E-state index contributed by atoms with van der Waals surface area (Å²) < 4.78 is 17.5. The van der Waals surface area contributed by atoms with Crippen LogP contribution in [0.2, 0.25) is 0 Å². The van der Waals surface area contributed by atoms with Gasteiger partial charge in [-0.2, -0.15) is 0 Å². The minimum absolute atomic E-state index is 0.00218. The fraction of sp³-hybridized carbons (Fsp3) is 0.625. The van der Waals surface area contributed by atoms with E-state index >= 15 is 0 Å². The van der Waals surface area contributed by atoms with E-state index in [-0.39, 0.29) is 11.8 Å². The number of imide groups is 1. The Bertz CT molecular complexity index is 639. The predicted molar refractivity (Wildman–Crippen MR) is 98.7 cm³/mol. The largest absolute Gasteiger partial charge is 0.459 e. The van der Waals surface area contributed by atoms with Crippen molar-refractivity contribution >= 4 is 29.6 Å². The third-order valence-electron chi connectivity index (χ3n) is 2.97. The van der Waals surface area contributed by atoms with Gasteiger partial charge in [0.2, 0.25) is 0 Å². The van der Waals surface area contributed by atoms with Crippen molar-refractivity contribution in [1.29, 1.82) is 0 Å². The molecule has 9 nitrogen and oxygen atoms in total. The zero-order chi connectivity index (χ0) is 19.9. The van der Waals surface area contributed by atoms with Crippen LogP contribution in [-0.2, 0) is 21.3 Å². The number of nitrogens with zero attached hydrogens (tertiary/aromatic N) is 3. The number of hydrogen-bond donors (Lipinski definition) is 1. The summed E-state index contributed by atoms with van der Waals surface area (Å²) in [7, 11) is 5.36. The van der Waals surface area contributed by atoms with Gasteiger partial charge in [-0.1, -0.05) is 0 Å². The molecule has 146 valence electrons. The molecule has 1 aromatic heterocycles. The van der Waals surface area contributed by atoms with Crippen molar-refractivity contribution in [3.05, 3.63) is 18.2 Å². The lowest BCUT2D eigenvalue weighted by atomic mass is 10.2. The first-order chi connectivity index (χ1) is 12.0. The van der Waals surface area contributed by atoms with Gasteiger partial charge < -0.3 is 23.7 Å². The van der Waals surface area contributed by atoms with E-state index < -0.39 is 23.9 Å². The number of thiocarbonyl (C=S) groups is 1. The number of aryl methyl sites for hydroxylation is 1. The smallest absolute Gasteiger partial charge is 0.417 e. The van der Waals surface area contributed by atoms with Gasteiger partial charge in [-0.15, -0.1) is 0 Å². The number of hydrogen-bond acceptors (Lipinski definition) is 7. The van der Waals surface area contributed by atoms with Crippen LogP contribution in [0.25, 0.3) is 0 Å². The second-order valence-corrected chi connectivity index (χ2v) is 7.06. The van der Waals surface area contributed by atoms with Crippen LogP contribution >= 0.6 is 12.2 Å². The molecule has 0 unspecified atom stereocenters. The maximum Gasteiger partial charge on any atom is 0.417 e. The number of imidazole rings is 1. The Morgan fingerprint density at radius 3 is 2.50 bits per heavy atom. The quantitative estimate of drug-likeness (QED) is 0.771. The van der Waals surface area contributed by atoms with Crippen molar-refractivity contribution < 1.29 is 23.8 Å². The molecule has 10 heteroatoms. The Morgan fingerprint density at radius 1 is 1.35 bits per heavy atom. The molecule has 1 atom stereocenters. The first-order valence-electron chi connectivity index (χ1n) is 8.01. The van der Waals surface area contributed by atoms with E-state index in [1.54, 1.807) is 56.7 Å². The molecule has 0 saturated heterocycles. The van der Waals surface area contributed by atoms with E-state index in [0.717, 1.165) is 0 Å². The fourth-order valence-corrected chi connectivity index (χ4v) is 1.95. The van der Waals surface area contributed by atoms with Crippen LogP contribution in [0.1, 0.15) is 39.1 Å². The third kappa shape index (κ3) is 7.68. The van der Waals surface area contributed by atoms with Crippen LogP contribution < -0.4 is 5.32 Å². The van der Waals surface area contributed by atoms with Gasteiger partial charge in [0.25, 0.3) is 5.17 Å². The van der Waals surface area contributed by atoms with Crippen molar-refractivity contribution in [3.8, 4) is 0 Å². The number of carbonyl (C=O) groups is 2. The first kappa shape index (κ1) is 21.7. The second-order valence-electron chi connectivity index (χ2n) is 6.71. The van der Waals surface area contributed by atoms with Gasteiger partial charge in [0.1, 0.15) is 11.4 Å². The van der Waals surface area contributed by atoms with Crippen molar-refractivity contribution in [2.75, 3.05) is 20.7 Å². The summed E-state index contributed by atoms with van der Waals surface area (Å²) in [4.78, 5) is 29.1. The number of amides is 2. The Labute approximate surface area is 158 Å². The third-order valence-corrected chi connectivity index (χ3v) is 3.43. The molecule has 0 bridgehead atoms. The van der Waals surface area contributed by atoms with Crippen molar-refractivity contribution in [3.63, 3.8) is 0 Å². The van der Waals surface area contributed by atoms with E-state index in [9.17, 15) is 9.59 Å². The predicted octanol–water partition coefficient (Wildman–Crippen LogP) is 2.38. The van der Waals surface area contributed by atoms with Crippen LogP contribution in [-0.4, -0.2) is 58.1 Å². The van der Waals surface area contributed by atoms with Crippen LogP contribution in [0.5, 0.6) is 0 Å². The summed E-state index contributed by atoms with van der Waals surface area (Å²) in [6, 6.07) is 0. The van der Waals surface area contributed by atoms with Gasteiger partial charge in [-0.25, -0.2) is 19.9 Å². The number of ether oxygens (including phenoxy) is 3. The molecule has 0 saturated carbocycles. The van der Waals surface area contributed by atoms with Gasteiger partial charge >= 0.3 is 12.2 Å². The Balaban J connectivity index is 2.56. The Kier molecular flexibility index (Phi) is 7.81. The standard InChI is InChI=1S/C16H26N4O5S/c1-16(2,3)25-14(22)18-13(21)23-10-7-11(24-15(26)19(4)5)12-17-8-9-20(12)6/h8-9,11H,7,10H2,1-6H3,(H,18,21,22)/t11-/m0/s1. The topological polar surface area (TPSA) is 94.9 Å². The van der Waals surface area contributed by atoms with Gasteiger partial charge in [0, 0.05) is 40.0 Å². The number of nitrogens with one attached hydrogen (secondary N) is 1. The zero-order valence-corrected chi connectivity index (χ0v) is 16.8. The molecule has 0 aromatic carbocycles. The number of carbonyl (C=O) groups excluding carboxylic acids is 2. The minimum Gasteiger partial charge on any atom is -0.459 e. The van der Waals surface area contributed by atoms with Gasteiger partial charge in [0.15, 0.2) is 6.10 Å². The molecule has 26 heavy (non-hydrogen) atoms. The molecule has 1 aromatic rings. The molecule has 2 amide bonds. The van der Waals surface area contributed by atoms with Crippen molar-refractivity contribution in [2.24, 2.45) is 7.05 Å². The lowest BCUT2D eigenvalue weighted by Gasteiger charge is -2.22. The molecule has 0 fully saturated rings. The maximum absolute atomic E-state index is 11.7. The summed E-state index contributed by atoms with van der Waals surface area (Å²) >= 11 is 5.17. The van der Waals surface area contributed by atoms with E-state index in [2.05, 4.69) is 4.98 Å². The second kappa shape index (κ2) is 9.37. The molecule has 0 aliphatic rings. The van der Waals surface area contributed by atoms with Gasteiger partial charge in [0.05, 0.1) is 6.61 Å². The average Bonchev–Trinajstić information content (AvgIpc) is 2.89. The van der Waals surface area contributed by atoms with E-state index in [1.807, 2.05) is 12.4 Å². The fourth-order valence-electron chi connectivity index (χ4n) is 1.84. The molecular weight excluding hydrogens is 360 g/mol. The minimum atomic E-state index is -0.895. The molecule has 1 heterocycles. The molecule has 1 N–H and O–H groups in total. The first-order valence-corrected chi connectivity index (χ1v) is 8.42. The van der Waals surface area contributed by atoms with Crippen molar-refractivity contribution in [1.82, 2.24) is 19.8 Å². The van der Waals surface area contributed by atoms with E-state index in [1.165, 1.54) is 0 Å². The highest BCUT2D eigenvalue weighted by Gasteiger charge is 2.22. The molecule has 0 radical (unpaired) electrons. The van der Waals surface area contributed by atoms with Crippen LogP contribution in [0.15, 0.2) is 12.4 Å². The summed E-state index contributed by atoms with van der Waals surface area (Å²) in [5.41, 5.74) is -0.705. The van der Waals surface area contributed by atoms with Crippen molar-refractivity contribution in [2.45, 2.75) is 38.9 Å². The molecule has 0 spiro atoms. The molecule has 0 aliphatic carbocycles. The normalized spacial score (nSPS) is 12.1. The molecular formula is C16H26N4O5S. The molecule has 0 aliphatic heterocycles. The Morgan fingerprint density at radius 2 is 2.00 bits per heavy atom. The van der Waals surface area contributed by atoms with E-state index in [4.69, 9.17) is 26.4 Å². The average molecular weight is 386 g/mol. The number of alkyl carbamates (subject to hydrolysis) is 2. The highest BCUT2D eigenvalue weighted by atomic mass is 32.1. The van der Waals surface area contributed by atoms with Gasteiger partial charge in [-0.05, 0) is 33.0 Å². The monoisotopic (exact) mass is 386 g/mol. The van der Waals surface area contributed by atoms with Crippen LogP contribution in [0.4, 0.5) is 9.59 Å². The SMILES string of the molecule is CN(C)C(=S)O[C@@H](CCOC(=O)NC(=O)OC(C)(C)C)c1nccn1C. The summed E-state index contributed by atoms with van der Waals surface area (Å²) in [5, 5.41) is 2.29.